The highest BCUT2D eigenvalue weighted by molar-refractivity contribution is 6.31. The van der Waals surface area contributed by atoms with Gasteiger partial charge in [0, 0.05) is 48.0 Å². The number of benzene rings is 1. The van der Waals surface area contributed by atoms with Gasteiger partial charge in [-0.1, -0.05) is 45.2 Å². The Morgan fingerprint density at radius 1 is 1.02 bits per heavy atom. The van der Waals surface area contributed by atoms with Crippen molar-refractivity contribution in [1.29, 1.82) is 5.26 Å². The fourth-order valence-corrected chi connectivity index (χ4v) is 9.81. The van der Waals surface area contributed by atoms with Gasteiger partial charge in [-0.25, -0.2) is 4.98 Å². The first-order chi connectivity index (χ1) is 21.5. The van der Waals surface area contributed by atoms with E-state index in [0.29, 0.717) is 39.8 Å². The molecule has 4 heterocycles. The molecule has 45 heavy (non-hydrogen) atoms. The van der Waals surface area contributed by atoms with Gasteiger partial charge < -0.3 is 15.0 Å². The number of likely N-dealkylation sites (tertiary alicyclic amines) is 1. The number of amides is 1. The van der Waals surface area contributed by atoms with Crippen molar-refractivity contribution >= 4 is 17.5 Å². The monoisotopic (exact) mass is 625 g/mol. The molecular formula is C37H44ClN5O2. The molecule has 1 aromatic carbocycles. The number of fused-ring (bicyclic) bond motifs is 1. The van der Waals surface area contributed by atoms with Crippen LogP contribution in [0.3, 0.4) is 0 Å². The highest BCUT2D eigenvalue weighted by Crippen LogP contribution is 2.59. The maximum Gasteiger partial charge on any atom is 0.256 e. The van der Waals surface area contributed by atoms with Gasteiger partial charge >= 0.3 is 0 Å². The van der Waals surface area contributed by atoms with Crippen molar-refractivity contribution in [3.8, 4) is 23.7 Å². The maximum absolute atomic E-state index is 13.7. The first kappa shape index (κ1) is 30.5. The highest BCUT2D eigenvalue weighted by atomic mass is 35.5. The molecular weight excluding hydrogens is 582 g/mol. The van der Waals surface area contributed by atoms with Crippen LogP contribution in [0.5, 0.6) is 5.75 Å². The summed E-state index contributed by atoms with van der Waals surface area (Å²) in [5.74, 6) is 7.98. The van der Waals surface area contributed by atoms with Gasteiger partial charge in [0.05, 0.1) is 28.4 Å². The lowest BCUT2D eigenvalue weighted by Gasteiger charge is -2.65. The molecule has 2 aliphatic carbocycles. The van der Waals surface area contributed by atoms with Crippen LogP contribution in [0.15, 0.2) is 30.3 Å². The number of carbonyl (C=O) groups excluding carboxylic acids is 1. The van der Waals surface area contributed by atoms with Gasteiger partial charge in [0.2, 0.25) is 0 Å². The van der Waals surface area contributed by atoms with E-state index in [-0.39, 0.29) is 28.9 Å². The summed E-state index contributed by atoms with van der Waals surface area (Å²) in [6, 6.07) is 11.8. The molecule has 0 unspecified atom stereocenters. The number of nitrogens with one attached hydrogen (secondary N) is 1. The van der Waals surface area contributed by atoms with Crippen LogP contribution < -0.4 is 10.1 Å². The summed E-state index contributed by atoms with van der Waals surface area (Å²) in [7, 11) is 0. The minimum atomic E-state index is -0.312. The molecule has 3 aliphatic heterocycles. The van der Waals surface area contributed by atoms with Crippen LogP contribution in [0.4, 0.5) is 0 Å². The van der Waals surface area contributed by atoms with Gasteiger partial charge in [0.1, 0.15) is 23.6 Å². The summed E-state index contributed by atoms with van der Waals surface area (Å²) in [5, 5.41) is 13.1. The van der Waals surface area contributed by atoms with Gasteiger partial charge in [0.15, 0.2) is 0 Å². The molecule has 5 aliphatic rings. The smallest absolute Gasteiger partial charge is 0.256 e. The topological polar surface area (TPSA) is 81.5 Å². The average molecular weight is 626 g/mol. The molecule has 0 radical (unpaired) electrons. The van der Waals surface area contributed by atoms with E-state index in [1.807, 2.05) is 17.0 Å². The zero-order valence-electron chi connectivity index (χ0n) is 27.0. The third kappa shape index (κ3) is 5.32. The Labute approximate surface area is 272 Å². The van der Waals surface area contributed by atoms with Crippen molar-refractivity contribution in [2.24, 2.45) is 22.2 Å². The summed E-state index contributed by atoms with van der Waals surface area (Å²) < 4.78 is 6.46. The molecule has 2 saturated heterocycles. The highest BCUT2D eigenvalue weighted by Gasteiger charge is 2.67. The molecule has 1 N–H and O–H groups in total. The van der Waals surface area contributed by atoms with E-state index in [9.17, 15) is 10.1 Å². The molecule has 4 fully saturated rings. The number of aromatic nitrogens is 1. The quantitative estimate of drug-likeness (QED) is 0.417. The summed E-state index contributed by atoms with van der Waals surface area (Å²) in [6.07, 6.45) is 7.32. The van der Waals surface area contributed by atoms with Crippen LogP contribution >= 0.6 is 11.6 Å². The van der Waals surface area contributed by atoms with E-state index in [0.717, 1.165) is 30.3 Å². The fraction of sp³-hybridized carbons (Fsp3) is 0.595. The second kappa shape index (κ2) is 11.3. The molecule has 1 amide bonds. The second-order valence-corrected chi connectivity index (χ2v) is 15.8. The van der Waals surface area contributed by atoms with Crippen molar-refractivity contribution in [3.05, 3.63) is 57.9 Å². The molecule has 0 atom stereocenters. The number of carbonyl (C=O) groups is 1. The van der Waals surface area contributed by atoms with E-state index in [4.69, 9.17) is 21.3 Å². The number of nitriles is 1. The molecule has 1 spiro atoms. The summed E-state index contributed by atoms with van der Waals surface area (Å²) in [4.78, 5) is 23.3. The number of hydrogen-bond donors (Lipinski definition) is 1. The van der Waals surface area contributed by atoms with Gasteiger partial charge in [0.25, 0.3) is 5.91 Å². The van der Waals surface area contributed by atoms with E-state index in [1.54, 1.807) is 18.2 Å². The Morgan fingerprint density at radius 2 is 1.73 bits per heavy atom. The predicted octanol–water partition coefficient (Wildman–Crippen LogP) is 6.04. The predicted molar refractivity (Wildman–Crippen MR) is 175 cm³/mol. The number of hydrogen-bond acceptors (Lipinski definition) is 6. The number of pyridine rings is 1. The molecule has 7 rings (SSSR count). The lowest BCUT2D eigenvalue weighted by Crippen LogP contribution is -2.74. The van der Waals surface area contributed by atoms with Gasteiger partial charge in [-0.3, -0.25) is 9.69 Å². The number of rotatable bonds is 4. The van der Waals surface area contributed by atoms with E-state index in [1.165, 1.54) is 51.9 Å². The van der Waals surface area contributed by atoms with Crippen LogP contribution in [0.2, 0.25) is 5.02 Å². The summed E-state index contributed by atoms with van der Waals surface area (Å²) >= 11 is 6.27. The summed E-state index contributed by atoms with van der Waals surface area (Å²) in [6.45, 7) is 14.0. The number of nitrogens with zero attached hydrogens (tertiary/aromatic N) is 4. The average Bonchev–Trinajstić information content (AvgIpc) is 3.32. The standard InChI is InChI=1S/C37H44ClN5O2/c1-35(2)33(36(3,4)34(35)45-28-13-8-25(20-39)30(38)19-28)43-21-31-29(32(43)44)14-10-26(41-31)9-5-24-6-11-27(12-7-24)42-22-37(23-42)15-17-40-18-16-37/h8,10,13-14,19,24,27,33-34,40H,6-7,11-12,15-18,21-23H2,1-4H3. The molecule has 1 aromatic heterocycles. The van der Waals surface area contributed by atoms with Gasteiger partial charge in [-0.2, -0.15) is 5.26 Å². The normalized spacial score (nSPS) is 29.5. The van der Waals surface area contributed by atoms with Crippen molar-refractivity contribution in [1.82, 2.24) is 20.1 Å². The van der Waals surface area contributed by atoms with Crippen LogP contribution in [0.1, 0.15) is 93.5 Å². The van der Waals surface area contributed by atoms with Crippen molar-refractivity contribution in [3.63, 3.8) is 0 Å². The zero-order valence-corrected chi connectivity index (χ0v) is 27.7. The number of halogens is 1. The minimum absolute atomic E-state index is 0.0265. The van der Waals surface area contributed by atoms with E-state index in [2.05, 4.69) is 55.8 Å². The SMILES string of the molecule is CC1(C)C(Oc2ccc(C#N)c(Cl)c2)C(C)(C)C1N1Cc2nc(C#CC3CCC(N4CC5(CCNCC5)C4)CC3)ccc2C1=O. The van der Waals surface area contributed by atoms with E-state index < -0.39 is 0 Å². The molecule has 236 valence electrons. The Kier molecular flexibility index (Phi) is 7.67. The summed E-state index contributed by atoms with van der Waals surface area (Å²) in [5.41, 5.74) is 2.64. The van der Waals surface area contributed by atoms with E-state index >= 15 is 0 Å². The Morgan fingerprint density at radius 3 is 2.40 bits per heavy atom. The fourth-order valence-electron chi connectivity index (χ4n) is 9.60. The molecule has 8 heteroatoms. The molecule has 2 aromatic rings. The van der Waals surface area contributed by atoms with Crippen molar-refractivity contribution in [2.45, 2.75) is 91.0 Å². The number of piperidine rings is 1. The number of ether oxygens (including phenoxy) is 1. The first-order valence-electron chi connectivity index (χ1n) is 16.6. The lowest BCUT2D eigenvalue weighted by atomic mass is 9.49. The Hall–Kier alpha value is -3.10. The first-order valence-corrected chi connectivity index (χ1v) is 17.0. The third-order valence-electron chi connectivity index (χ3n) is 11.5. The second-order valence-electron chi connectivity index (χ2n) is 15.4. The largest absolute Gasteiger partial charge is 0.489 e. The minimum Gasteiger partial charge on any atom is -0.489 e. The lowest BCUT2D eigenvalue weighted by molar-refractivity contribution is -0.199. The van der Waals surface area contributed by atoms with Crippen LogP contribution in [0.25, 0.3) is 0 Å². The van der Waals surface area contributed by atoms with Gasteiger partial charge in [-0.05, 0) is 87.2 Å². The molecule has 2 saturated carbocycles. The molecule has 7 nitrogen and oxygen atoms in total. The van der Waals surface area contributed by atoms with Gasteiger partial charge in [-0.15, -0.1) is 0 Å². The zero-order chi connectivity index (χ0) is 31.6. The van der Waals surface area contributed by atoms with Crippen molar-refractivity contribution < 1.29 is 9.53 Å². The molecule has 0 bridgehead atoms. The van der Waals surface area contributed by atoms with Crippen LogP contribution in [0, 0.1) is 45.3 Å². The Bertz CT molecular complexity index is 1580. The maximum atomic E-state index is 13.7. The van der Waals surface area contributed by atoms with Crippen LogP contribution in [-0.2, 0) is 6.54 Å². The van der Waals surface area contributed by atoms with Crippen LogP contribution in [-0.4, -0.2) is 65.1 Å². The Balaban J connectivity index is 0.970. The van der Waals surface area contributed by atoms with Crippen molar-refractivity contribution in [2.75, 3.05) is 26.2 Å². The third-order valence-corrected chi connectivity index (χ3v) is 11.8.